The molecule has 0 aliphatic carbocycles. The summed E-state index contributed by atoms with van der Waals surface area (Å²) in [6, 6.07) is 19.1. The van der Waals surface area contributed by atoms with Gasteiger partial charge in [0.25, 0.3) is 11.8 Å². The number of nitrogens with zero attached hydrogens (tertiary/aromatic N) is 4. The molecule has 7 heteroatoms. The number of carbonyl (C=O) groups is 2. The van der Waals surface area contributed by atoms with Gasteiger partial charge in [-0.3, -0.25) is 14.5 Å². The number of hydrogen-bond donors (Lipinski definition) is 0. The van der Waals surface area contributed by atoms with Gasteiger partial charge >= 0.3 is 0 Å². The Morgan fingerprint density at radius 3 is 2.38 bits per heavy atom. The van der Waals surface area contributed by atoms with Crippen LogP contribution in [-0.2, 0) is 9.59 Å². The van der Waals surface area contributed by atoms with Gasteiger partial charge in [0.15, 0.2) is 0 Å². The first kappa shape index (κ1) is 23.4. The van der Waals surface area contributed by atoms with E-state index in [0.717, 1.165) is 15.7 Å². The van der Waals surface area contributed by atoms with E-state index in [1.807, 2.05) is 80.7 Å². The maximum absolute atomic E-state index is 13.4. The van der Waals surface area contributed by atoms with Crippen molar-refractivity contribution in [2.45, 2.75) is 33.2 Å². The van der Waals surface area contributed by atoms with E-state index in [2.05, 4.69) is 15.9 Å². The van der Waals surface area contributed by atoms with Gasteiger partial charge in [-0.25, -0.2) is 4.68 Å². The standard InChI is InChI=1S/C27H23BrN4O2/c1-4-17(2)32-26(33)23(18(3)24(15-29)27(32)34)14-20-16-31(22-8-6-5-7-9-22)30-25(20)19-10-12-21(28)13-11-19/h5-14,16-17H,4H2,1-3H3/b23-14+. The second-order valence-electron chi connectivity index (χ2n) is 8.13. The van der Waals surface area contributed by atoms with Crippen LogP contribution in [0.25, 0.3) is 23.0 Å². The van der Waals surface area contributed by atoms with E-state index in [-0.39, 0.29) is 11.6 Å². The summed E-state index contributed by atoms with van der Waals surface area (Å²) in [5.41, 5.74) is 3.85. The fraction of sp³-hybridized carbons (Fsp3) is 0.185. The molecule has 0 fully saturated rings. The van der Waals surface area contributed by atoms with E-state index in [1.165, 1.54) is 4.90 Å². The minimum Gasteiger partial charge on any atom is -0.271 e. The van der Waals surface area contributed by atoms with Crippen molar-refractivity contribution in [3.63, 3.8) is 0 Å². The summed E-state index contributed by atoms with van der Waals surface area (Å²) in [6.45, 7) is 5.36. The number of amides is 2. The Balaban J connectivity index is 1.93. The molecular weight excluding hydrogens is 492 g/mol. The molecule has 4 rings (SSSR count). The number of hydrogen-bond acceptors (Lipinski definition) is 4. The second-order valence-corrected chi connectivity index (χ2v) is 9.04. The molecule has 1 aliphatic heterocycles. The molecule has 2 amide bonds. The summed E-state index contributed by atoms with van der Waals surface area (Å²) in [7, 11) is 0. The summed E-state index contributed by atoms with van der Waals surface area (Å²) in [4.78, 5) is 27.5. The zero-order valence-electron chi connectivity index (χ0n) is 19.1. The molecular formula is C27H23BrN4O2. The lowest BCUT2D eigenvalue weighted by Crippen LogP contribution is -2.47. The number of halogens is 1. The van der Waals surface area contributed by atoms with Crippen LogP contribution >= 0.6 is 15.9 Å². The zero-order valence-corrected chi connectivity index (χ0v) is 20.7. The summed E-state index contributed by atoms with van der Waals surface area (Å²) in [6.07, 6.45) is 4.19. The second kappa shape index (κ2) is 9.62. The SMILES string of the molecule is CCC(C)N1C(=O)C(C#N)=C(C)/C(=C\c2cn(-c3ccccc3)nc2-c2ccc(Br)cc2)C1=O. The van der Waals surface area contributed by atoms with E-state index in [9.17, 15) is 14.9 Å². The van der Waals surface area contributed by atoms with Gasteiger partial charge in [-0.05, 0) is 56.2 Å². The van der Waals surface area contributed by atoms with Gasteiger partial charge in [0.05, 0.1) is 11.4 Å². The summed E-state index contributed by atoms with van der Waals surface area (Å²) >= 11 is 3.46. The van der Waals surface area contributed by atoms with Crippen molar-refractivity contribution in [2.24, 2.45) is 0 Å². The molecule has 0 N–H and O–H groups in total. The molecule has 34 heavy (non-hydrogen) atoms. The molecule has 0 bridgehead atoms. The fourth-order valence-corrected chi connectivity index (χ4v) is 4.14. The minimum absolute atomic E-state index is 0.00760. The number of rotatable bonds is 5. The maximum atomic E-state index is 13.4. The molecule has 0 radical (unpaired) electrons. The third kappa shape index (κ3) is 4.25. The van der Waals surface area contributed by atoms with Crippen molar-refractivity contribution < 1.29 is 9.59 Å². The van der Waals surface area contributed by atoms with Crippen LogP contribution in [0, 0.1) is 11.3 Å². The first-order valence-electron chi connectivity index (χ1n) is 11.0. The summed E-state index contributed by atoms with van der Waals surface area (Å²) in [5.74, 6) is -0.935. The normalized spacial score (nSPS) is 16.2. The van der Waals surface area contributed by atoms with Crippen LogP contribution in [0.4, 0.5) is 0 Å². The van der Waals surface area contributed by atoms with Gasteiger partial charge in [0, 0.05) is 33.4 Å². The quantitative estimate of drug-likeness (QED) is 0.323. The zero-order chi connectivity index (χ0) is 24.4. The molecule has 0 saturated carbocycles. The van der Waals surface area contributed by atoms with E-state index in [1.54, 1.807) is 17.7 Å². The molecule has 6 nitrogen and oxygen atoms in total. The highest BCUT2D eigenvalue weighted by Gasteiger charge is 2.37. The lowest BCUT2D eigenvalue weighted by atomic mass is 9.92. The molecule has 2 heterocycles. The van der Waals surface area contributed by atoms with Crippen molar-refractivity contribution in [1.82, 2.24) is 14.7 Å². The van der Waals surface area contributed by atoms with Crippen molar-refractivity contribution in [3.8, 4) is 23.0 Å². The number of benzene rings is 2. The first-order valence-corrected chi connectivity index (χ1v) is 11.8. The Kier molecular flexibility index (Phi) is 6.62. The van der Waals surface area contributed by atoms with E-state index < -0.39 is 11.8 Å². The largest absolute Gasteiger partial charge is 0.271 e. The molecule has 1 unspecified atom stereocenters. The molecule has 0 spiro atoms. The van der Waals surface area contributed by atoms with Crippen LogP contribution in [-0.4, -0.2) is 32.5 Å². The summed E-state index contributed by atoms with van der Waals surface area (Å²) in [5, 5.41) is 14.5. The third-order valence-electron chi connectivity index (χ3n) is 5.99. The molecule has 1 aliphatic rings. The van der Waals surface area contributed by atoms with Crippen LogP contribution < -0.4 is 0 Å². The van der Waals surface area contributed by atoms with Gasteiger partial charge in [0.2, 0.25) is 0 Å². The highest BCUT2D eigenvalue weighted by atomic mass is 79.9. The fourth-order valence-electron chi connectivity index (χ4n) is 3.88. The topological polar surface area (TPSA) is 79.0 Å². The Labute approximate surface area is 206 Å². The Bertz CT molecular complexity index is 1360. The van der Waals surface area contributed by atoms with Crippen molar-refractivity contribution in [2.75, 3.05) is 0 Å². The first-order chi connectivity index (χ1) is 16.3. The Morgan fingerprint density at radius 1 is 1.09 bits per heavy atom. The Hall–Kier alpha value is -3.76. The maximum Gasteiger partial charge on any atom is 0.271 e. The van der Waals surface area contributed by atoms with Crippen molar-refractivity contribution in [3.05, 3.63) is 87.5 Å². The lowest BCUT2D eigenvalue weighted by Gasteiger charge is -2.31. The average molecular weight is 515 g/mol. The predicted molar refractivity (Wildman–Crippen MR) is 135 cm³/mol. The van der Waals surface area contributed by atoms with Crippen molar-refractivity contribution >= 4 is 33.8 Å². The number of nitriles is 1. The van der Waals surface area contributed by atoms with E-state index in [4.69, 9.17) is 5.10 Å². The smallest absolute Gasteiger partial charge is 0.271 e. The average Bonchev–Trinajstić information content (AvgIpc) is 3.27. The molecule has 170 valence electrons. The highest BCUT2D eigenvalue weighted by Crippen LogP contribution is 2.32. The number of aromatic nitrogens is 2. The number of para-hydroxylation sites is 1. The lowest BCUT2D eigenvalue weighted by molar-refractivity contribution is -0.142. The molecule has 1 atom stereocenters. The third-order valence-corrected chi connectivity index (χ3v) is 6.51. The van der Waals surface area contributed by atoms with Crippen LogP contribution in [0.1, 0.15) is 32.8 Å². The summed E-state index contributed by atoms with van der Waals surface area (Å²) < 4.78 is 2.71. The van der Waals surface area contributed by atoms with E-state index in [0.29, 0.717) is 28.8 Å². The molecule has 1 aromatic heterocycles. The highest BCUT2D eigenvalue weighted by molar-refractivity contribution is 9.10. The van der Waals surface area contributed by atoms with Crippen LogP contribution in [0.2, 0.25) is 0 Å². The number of imide groups is 1. The molecule has 3 aromatic rings. The molecule has 2 aromatic carbocycles. The number of carbonyl (C=O) groups excluding carboxylic acids is 2. The van der Waals surface area contributed by atoms with Crippen LogP contribution in [0.5, 0.6) is 0 Å². The van der Waals surface area contributed by atoms with Gasteiger partial charge in [0.1, 0.15) is 11.6 Å². The minimum atomic E-state index is -0.537. The van der Waals surface area contributed by atoms with Gasteiger partial charge in [-0.15, -0.1) is 0 Å². The van der Waals surface area contributed by atoms with Gasteiger partial charge in [-0.2, -0.15) is 10.4 Å². The van der Waals surface area contributed by atoms with Gasteiger partial charge < -0.3 is 0 Å². The van der Waals surface area contributed by atoms with Gasteiger partial charge in [-0.1, -0.05) is 53.2 Å². The predicted octanol–water partition coefficient (Wildman–Crippen LogP) is 5.69. The monoisotopic (exact) mass is 514 g/mol. The van der Waals surface area contributed by atoms with Crippen molar-refractivity contribution in [1.29, 1.82) is 5.26 Å². The van der Waals surface area contributed by atoms with E-state index >= 15 is 0 Å². The van der Waals surface area contributed by atoms with Crippen LogP contribution in [0.3, 0.4) is 0 Å². The Morgan fingerprint density at radius 2 is 1.76 bits per heavy atom. The van der Waals surface area contributed by atoms with Crippen LogP contribution in [0.15, 0.2) is 82.0 Å². The molecule has 0 saturated heterocycles.